The highest BCUT2D eigenvalue weighted by Crippen LogP contribution is 2.42. The number of piperazine rings is 1. The second kappa shape index (κ2) is 8.18. The van der Waals surface area contributed by atoms with E-state index in [9.17, 15) is 22.0 Å². The van der Waals surface area contributed by atoms with Crippen LogP contribution in [0.15, 0.2) is 47.4 Å². The minimum atomic E-state index is -4.19. The second-order valence-electron chi connectivity index (χ2n) is 7.52. The molecule has 2 aromatic carbocycles. The molecule has 0 saturated carbocycles. The lowest BCUT2D eigenvalue weighted by Crippen LogP contribution is -2.66. The Balaban J connectivity index is 1.66. The highest BCUT2D eigenvalue weighted by molar-refractivity contribution is 7.89. The first-order valence-electron chi connectivity index (χ1n) is 9.93. The summed E-state index contributed by atoms with van der Waals surface area (Å²) in [6, 6.07) is 7.88. The van der Waals surface area contributed by atoms with E-state index in [0.29, 0.717) is 19.4 Å². The smallest absolute Gasteiger partial charge is 0.328 e. The molecule has 2 fully saturated rings. The van der Waals surface area contributed by atoms with Crippen molar-refractivity contribution >= 4 is 16.0 Å². The summed E-state index contributed by atoms with van der Waals surface area (Å²) in [6.07, 6.45) is 0.830. The second-order valence-corrected chi connectivity index (χ2v) is 9.34. The first-order valence-corrected chi connectivity index (χ1v) is 11.4. The van der Waals surface area contributed by atoms with Gasteiger partial charge in [-0.3, -0.25) is 0 Å². The molecule has 0 spiro atoms. The molecule has 0 amide bonds. The van der Waals surface area contributed by atoms with Gasteiger partial charge in [0.1, 0.15) is 17.1 Å². The van der Waals surface area contributed by atoms with Gasteiger partial charge in [-0.05, 0) is 62.2 Å². The lowest BCUT2D eigenvalue weighted by molar-refractivity contribution is -0.154. The molecule has 4 rings (SSSR count). The summed E-state index contributed by atoms with van der Waals surface area (Å²) in [4.78, 5) is 12.4. The molecular weight excluding hydrogens is 430 g/mol. The van der Waals surface area contributed by atoms with E-state index in [2.05, 4.69) is 5.32 Å². The summed E-state index contributed by atoms with van der Waals surface area (Å²) in [5.41, 5.74) is -1.35. The normalized spacial score (nSPS) is 23.5. The maximum Gasteiger partial charge on any atom is 0.328 e. The highest BCUT2D eigenvalue weighted by Gasteiger charge is 2.60. The van der Waals surface area contributed by atoms with Crippen LogP contribution in [0.25, 0.3) is 0 Å². The number of ether oxygens (including phenoxy) is 2. The van der Waals surface area contributed by atoms with E-state index in [-0.39, 0.29) is 29.5 Å². The van der Waals surface area contributed by atoms with Crippen LogP contribution in [0.5, 0.6) is 11.5 Å². The number of carbonyl (C=O) groups excluding carboxylic acids is 1. The molecule has 166 valence electrons. The predicted octanol–water partition coefficient (Wildman–Crippen LogP) is 2.82. The van der Waals surface area contributed by atoms with Gasteiger partial charge in [-0.1, -0.05) is 0 Å². The van der Waals surface area contributed by atoms with E-state index in [1.54, 1.807) is 6.92 Å². The minimum Gasteiger partial charge on any atom is -0.465 e. The fourth-order valence-corrected chi connectivity index (χ4v) is 6.19. The minimum absolute atomic E-state index is 0.128. The first kappa shape index (κ1) is 21.7. The summed E-state index contributed by atoms with van der Waals surface area (Å²) in [7, 11) is -4.19. The number of sulfonamides is 1. The number of carbonyl (C=O) groups is 1. The number of hydrogen-bond donors (Lipinski definition) is 1. The third-order valence-electron chi connectivity index (χ3n) is 5.60. The van der Waals surface area contributed by atoms with Crippen molar-refractivity contribution in [3.8, 4) is 11.5 Å². The molecule has 2 atom stereocenters. The topological polar surface area (TPSA) is 84.9 Å². The van der Waals surface area contributed by atoms with Crippen molar-refractivity contribution in [2.45, 2.75) is 36.2 Å². The third kappa shape index (κ3) is 3.79. The van der Waals surface area contributed by atoms with Crippen molar-refractivity contribution < 1.29 is 31.5 Å². The predicted molar refractivity (Wildman–Crippen MR) is 107 cm³/mol. The van der Waals surface area contributed by atoms with Crippen LogP contribution >= 0.6 is 0 Å². The number of esters is 1. The van der Waals surface area contributed by atoms with Crippen LogP contribution in [0.4, 0.5) is 8.78 Å². The Bertz CT molecular complexity index is 1090. The van der Waals surface area contributed by atoms with Crippen LogP contribution < -0.4 is 10.1 Å². The third-order valence-corrected chi connectivity index (χ3v) is 7.61. The van der Waals surface area contributed by atoms with Gasteiger partial charge in [0.25, 0.3) is 0 Å². The molecule has 2 aliphatic heterocycles. The lowest BCUT2D eigenvalue weighted by Gasteiger charge is -2.41. The highest BCUT2D eigenvalue weighted by atomic mass is 32.2. The average molecular weight is 452 g/mol. The lowest BCUT2D eigenvalue weighted by atomic mass is 9.98. The standard InChI is InChI=1S/C21H22F2N2O5S/c1-2-29-20(26)21-10-9-15(12-24-13-21)25(21)31(27,28)17-7-8-19(18(23)11-17)30-16-5-3-14(22)4-6-16/h3-8,11,15,24H,2,9-10,12-13H2,1H3. The van der Waals surface area contributed by atoms with E-state index in [1.807, 2.05) is 0 Å². The van der Waals surface area contributed by atoms with Crippen molar-refractivity contribution in [1.82, 2.24) is 9.62 Å². The molecule has 7 nitrogen and oxygen atoms in total. The van der Waals surface area contributed by atoms with Gasteiger partial charge in [-0.25, -0.2) is 22.0 Å². The van der Waals surface area contributed by atoms with Gasteiger partial charge in [0.05, 0.1) is 11.5 Å². The van der Waals surface area contributed by atoms with Crippen LogP contribution in [0.2, 0.25) is 0 Å². The fraction of sp³-hybridized carbons (Fsp3) is 0.381. The molecule has 2 aliphatic rings. The van der Waals surface area contributed by atoms with Crippen molar-refractivity contribution in [2.75, 3.05) is 19.7 Å². The summed E-state index contributed by atoms with van der Waals surface area (Å²) < 4.78 is 66.4. The number of halogens is 2. The first-order chi connectivity index (χ1) is 14.8. The number of hydrogen-bond acceptors (Lipinski definition) is 6. The van der Waals surface area contributed by atoms with Crippen LogP contribution in [-0.2, 0) is 19.6 Å². The van der Waals surface area contributed by atoms with Gasteiger partial charge >= 0.3 is 5.97 Å². The van der Waals surface area contributed by atoms with Gasteiger partial charge in [0.15, 0.2) is 11.6 Å². The Morgan fingerprint density at radius 3 is 2.65 bits per heavy atom. The Labute approximate surface area is 179 Å². The Hall–Kier alpha value is -2.56. The van der Waals surface area contributed by atoms with Gasteiger partial charge in [0, 0.05) is 19.1 Å². The van der Waals surface area contributed by atoms with E-state index in [0.717, 1.165) is 6.07 Å². The largest absolute Gasteiger partial charge is 0.465 e. The molecular formula is C21H22F2N2O5S. The van der Waals surface area contributed by atoms with Crippen LogP contribution in [0.1, 0.15) is 19.8 Å². The molecule has 31 heavy (non-hydrogen) atoms. The maximum atomic E-state index is 14.7. The van der Waals surface area contributed by atoms with Crippen LogP contribution in [0.3, 0.4) is 0 Å². The molecule has 2 unspecified atom stereocenters. The zero-order chi connectivity index (χ0) is 22.2. The molecule has 0 aliphatic carbocycles. The zero-order valence-corrected chi connectivity index (χ0v) is 17.6. The van der Waals surface area contributed by atoms with E-state index >= 15 is 0 Å². The Morgan fingerprint density at radius 1 is 1.23 bits per heavy atom. The molecule has 2 bridgehead atoms. The average Bonchev–Trinajstić information content (AvgIpc) is 2.99. The van der Waals surface area contributed by atoms with Crippen LogP contribution in [-0.4, -0.2) is 50.0 Å². The summed E-state index contributed by atoms with van der Waals surface area (Å²) in [5.74, 6) is -1.95. The van der Waals surface area contributed by atoms with Gasteiger partial charge in [-0.2, -0.15) is 4.31 Å². The number of nitrogens with zero attached hydrogens (tertiary/aromatic N) is 1. The van der Waals surface area contributed by atoms with Crippen LogP contribution in [0, 0.1) is 11.6 Å². The van der Waals surface area contributed by atoms with E-state index < -0.39 is 39.2 Å². The summed E-state index contributed by atoms with van der Waals surface area (Å²) in [5, 5.41) is 3.10. The van der Waals surface area contributed by atoms with E-state index in [1.165, 1.54) is 40.7 Å². The Morgan fingerprint density at radius 2 is 1.97 bits per heavy atom. The van der Waals surface area contributed by atoms with Gasteiger partial charge < -0.3 is 14.8 Å². The van der Waals surface area contributed by atoms with Gasteiger partial charge in [-0.15, -0.1) is 0 Å². The molecule has 0 aromatic heterocycles. The molecule has 2 aromatic rings. The van der Waals surface area contributed by atoms with Crippen molar-refractivity contribution in [3.63, 3.8) is 0 Å². The fourth-order valence-electron chi connectivity index (χ4n) is 4.20. The SMILES string of the molecule is CCOC(=O)C12CCC(CNC1)N2S(=O)(=O)c1ccc(Oc2ccc(F)cc2)c(F)c1. The number of nitrogens with one attached hydrogen (secondary N) is 1. The van der Waals surface area contributed by atoms with Crippen molar-refractivity contribution in [3.05, 3.63) is 54.1 Å². The number of rotatable bonds is 6. The molecule has 0 radical (unpaired) electrons. The molecule has 2 heterocycles. The zero-order valence-electron chi connectivity index (χ0n) is 16.8. The number of benzene rings is 2. The molecule has 1 N–H and O–H groups in total. The Kier molecular flexibility index (Phi) is 5.71. The monoisotopic (exact) mass is 452 g/mol. The molecule has 2 saturated heterocycles. The van der Waals surface area contributed by atoms with Crippen molar-refractivity contribution in [1.29, 1.82) is 0 Å². The molecule has 10 heteroatoms. The van der Waals surface area contributed by atoms with Gasteiger partial charge in [0.2, 0.25) is 10.0 Å². The van der Waals surface area contributed by atoms with E-state index in [4.69, 9.17) is 9.47 Å². The summed E-state index contributed by atoms with van der Waals surface area (Å²) in [6.45, 7) is 2.32. The van der Waals surface area contributed by atoms with Crippen molar-refractivity contribution in [2.24, 2.45) is 0 Å². The number of fused-ring (bicyclic) bond motifs is 2. The maximum absolute atomic E-state index is 14.7. The summed E-state index contributed by atoms with van der Waals surface area (Å²) >= 11 is 0. The quantitative estimate of drug-likeness (QED) is 0.679.